The Morgan fingerprint density at radius 1 is 1.26 bits per heavy atom. The first-order valence-corrected chi connectivity index (χ1v) is 8.60. The van der Waals surface area contributed by atoms with Gasteiger partial charge in [0, 0.05) is 4.88 Å². The second kappa shape index (κ2) is 6.08. The molecule has 4 nitrogen and oxygen atoms in total. The van der Waals surface area contributed by atoms with Crippen molar-refractivity contribution in [2.24, 2.45) is 0 Å². The molecule has 0 aliphatic heterocycles. The Labute approximate surface area is 134 Å². The number of alkyl halides is 3. The molecule has 0 aliphatic rings. The number of thiazole rings is 1. The van der Waals surface area contributed by atoms with Gasteiger partial charge in [-0.1, -0.05) is 0 Å². The van der Waals surface area contributed by atoms with Crippen LogP contribution in [0.15, 0.2) is 23.1 Å². The van der Waals surface area contributed by atoms with Crippen molar-refractivity contribution < 1.29 is 26.0 Å². The van der Waals surface area contributed by atoms with E-state index in [9.17, 15) is 26.0 Å². The SMILES string of the molecule is Cc1nc(CNc2ccc(F)cc2S(=O)(=O)C(F)(F)F)c(C)s1. The van der Waals surface area contributed by atoms with Crippen LogP contribution in [0.1, 0.15) is 15.6 Å². The van der Waals surface area contributed by atoms with Crippen molar-refractivity contribution in [2.45, 2.75) is 30.8 Å². The maximum atomic E-state index is 13.2. The number of aryl methyl sites for hydroxylation is 2. The predicted octanol–water partition coefficient (Wildman–Crippen LogP) is 3.80. The molecule has 0 saturated heterocycles. The van der Waals surface area contributed by atoms with Crippen LogP contribution in [0.25, 0.3) is 0 Å². The molecule has 0 saturated carbocycles. The van der Waals surface area contributed by atoms with Crippen LogP contribution in [-0.4, -0.2) is 18.9 Å². The summed E-state index contributed by atoms with van der Waals surface area (Å²) in [6.07, 6.45) is 0. The van der Waals surface area contributed by atoms with E-state index in [1.165, 1.54) is 11.3 Å². The van der Waals surface area contributed by atoms with E-state index in [-0.39, 0.29) is 12.2 Å². The average molecular weight is 368 g/mol. The van der Waals surface area contributed by atoms with Crippen LogP contribution in [0.5, 0.6) is 0 Å². The molecule has 10 heteroatoms. The quantitative estimate of drug-likeness (QED) is 0.834. The van der Waals surface area contributed by atoms with Gasteiger partial charge in [0.25, 0.3) is 9.84 Å². The topological polar surface area (TPSA) is 59.1 Å². The van der Waals surface area contributed by atoms with Crippen LogP contribution >= 0.6 is 11.3 Å². The van der Waals surface area contributed by atoms with Gasteiger partial charge >= 0.3 is 5.51 Å². The molecule has 0 aliphatic carbocycles. The van der Waals surface area contributed by atoms with Crippen molar-refractivity contribution in [3.63, 3.8) is 0 Å². The third kappa shape index (κ3) is 3.63. The maximum Gasteiger partial charge on any atom is 0.501 e. The summed E-state index contributed by atoms with van der Waals surface area (Å²) in [7, 11) is -5.66. The summed E-state index contributed by atoms with van der Waals surface area (Å²) in [6.45, 7) is 3.60. The summed E-state index contributed by atoms with van der Waals surface area (Å²) in [5.74, 6) is -1.07. The van der Waals surface area contributed by atoms with Crippen molar-refractivity contribution in [1.29, 1.82) is 0 Å². The minimum absolute atomic E-state index is 0.0299. The third-order valence-corrected chi connectivity index (χ3v) is 5.44. The van der Waals surface area contributed by atoms with Gasteiger partial charge in [0.05, 0.1) is 22.9 Å². The van der Waals surface area contributed by atoms with Gasteiger partial charge in [-0.15, -0.1) is 11.3 Å². The Morgan fingerprint density at radius 3 is 2.43 bits per heavy atom. The number of nitrogens with one attached hydrogen (secondary N) is 1. The fourth-order valence-electron chi connectivity index (χ4n) is 1.90. The summed E-state index contributed by atoms with van der Waals surface area (Å²) in [5, 5.41) is 3.37. The van der Waals surface area contributed by atoms with E-state index in [0.717, 1.165) is 22.0 Å². The van der Waals surface area contributed by atoms with Gasteiger partial charge in [0.15, 0.2) is 0 Å². The van der Waals surface area contributed by atoms with Gasteiger partial charge in [-0.05, 0) is 32.0 Å². The predicted molar refractivity (Wildman–Crippen MR) is 78.6 cm³/mol. The molecule has 1 heterocycles. The lowest BCUT2D eigenvalue weighted by Gasteiger charge is -2.14. The highest BCUT2D eigenvalue weighted by atomic mass is 32.2. The standard InChI is InChI=1S/C13H12F4N2O2S2/c1-7-11(19-8(2)22-7)6-18-10-4-3-9(14)5-12(10)23(20,21)13(15,16)17/h3-5,18H,6H2,1-2H3. The van der Waals surface area contributed by atoms with Gasteiger partial charge in [-0.25, -0.2) is 17.8 Å². The summed E-state index contributed by atoms with van der Waals surface area (Å²) >= 11 is 1.41. The van der Waals surface area contributed by atoms with Crippen molar-refractivity contribution in [3.05, 3.63) is 39.6 Å². The zero-order valence-electron chi connectivity index (χ0n) is 12.0. The number of halogens is 4. The fraction of sp³-hybridized carbons (Fsp3) is 0.308. The van der Waals surface area contributed by atoms with Crippen LogP contribution in [0.3, 0.4) is 0 Å². The molecule has 0 bridgehead atoms. The molecule has 126 valence electrons. The van der Waals surface area contributed by atoms with Crippen molar-refractivity contribution in [2.75, 3.05) is 5.32 Å². The van der Waals surface area contributed by atoms with Crippen molar-refractivity contribution in [1.82, 2.24) is 4.98 Å². The number of rotatable bonds is 4. The number of hydrogen-bond donors (Lipinski definition) is 1. The molecule has 0 unspecified atom stereocenters. The molecular weight excluding hydrogens is 356 g/mol. The molecule has 2 rings (SSSR count). The second-order valence-electron chi connectivity index (χ2n) is 4.68. The van der Waals surface area contributed by atoms with Gasteiger partial charge in [-0.3, -0.25) is 0 Å². The van der Waals surface area contributed by atoms with Gasteiger partial charge in [-0.2, -0.15) is 13.2 Å². The van der Waals surface area contributed by atoms with E-state index in [2.05, 4.69) is 10.3 Å². The first kappa shape index (κ1) is 17.7. The number of anilines is 1. The number of nitrogens with zero attached hydrogens (tertiary/aromatic N) is 1. The maximum absolute atomic E-state index is 13.2. The molecule has 1 aromatic carbocycles. The molecule has 0 atom stereocenters. The molecule has 1 N–H and O–H groups in total. The summed E-state index contributed by atoms with van der Waals surface area (Å²) in [6, 6.07) is 2.20. The first-order valence-electron chi connectivity index (χ1n) is 6.30. The van der Waals surface area contributed by atoms with E-state index in [1.54, 1.807) is 13.8 Å². The van der Waals surface area contributed by atoms with Gasteiger partial charge in [0.2, 0.25) is 0 Å². The highest BCUT2D eigenvalue weighted by Gasteiger charge is 2.48. The van der Waals surface area contributed by atoms with Gasteiger partial charge in [0.1, 0.15) is 10.7 Å². The molecule has 0 radical (unpaired) electrons. The van der Waals surface area contributed by atoms with Crippen LogP contribution in [0, 0.1) is 19.7 Å². The third-order valence-electron chi connectivity index (χ3n) is 2.98. The molecule has 2 aromatic rings. The minimum atomic E-state index is -5.66. The Hall–Kier alpha value is -1.68. The summed E-state index contributed by atoms with van der Waals surface area (Å²) in [5.41, 5.74) is -5.24. The lowest BCUT2D eigenvalue weighted by Crippen LogP contribution is -2.24. The van der Waals surface area contributed by atoms with Crippen molar-refractivity contribution >= 4 is 26.9 Å². The molecular formula is C13H12F4N2O2S2. The van der Waals surface area contributed by atoms with Crippen LogP contribution in [0.4, 0.5) is 23.2 Å². The smallest absolute Gasteiger partial charge is 0.378 e. The fourth-order valence-corrected chi connectivity index (χ4v) is 3.69. The molecule has 0 amide bonds. The van der Waals surface area contributed by atoms with E-state index < -0.39 is 26.1 Å². The Bertz CT molecular complexity index is 829. The second-order valence-corrected chi connectivity index (χ2v) is 8.00. The van der Waals surface area contributed by atoms with E-state index in [1.807, 2.05) is 0 Å². The highest BCUT2D eigenvalue weighted by molar-refractivity contribution is 7.92. The summed E-state index contributed by atoms with van der Waals surface area (Å²) < 4.78 is 74.5. The van der Waals surface area contributed by atoms with Crippen LogP contribution in [0.2, 0.25) is 0 Å². The molecule has 0 fully saturated rings. The van der Waals surface area contributed by atoms with Crippen molar-refractivity contribution in [3.8, 4) is 0 Å². The number of hydrogen-bond acceptors (Lipinski definition) is 5. The highest BCUT2D eigenvalue weighted by Crippen LogP contribution is 2.35. The number of aromatic nitrogens is 1. The normalized spacial score (nSPS) is 12.4. The van der Waals surface area contributed by atoms with Crippen LogP contribution in [-0.2, 0) is 16.4 Å². The molecule has 0 spiro atoms. The van der Waals surface area contributed by atoms with E-state index in [4.69, 9.17) is 0 Å². The molecule has 23 heavy (non-hydrogen) atoms. The lowest BCUT2D eigenvalue weighted by atomic mass is 10.3. The minimum Gasteiger partial charge on any atom is -0.378 e. The van der Waals surface area contributed by atoms with Crippen LogP contribution < -0.4 is 5.32 Å². The monoisotopic (exact) mass is 368 g/mol. The lowest BCUT2D eigenvalue weighted by molar-refractivity contribution is -0.0435. The van der Waals surface area contributed by atoms with Gasteiger partial charge < -0.3 is 5.32 Å². The number of sulfone groups is 1. The number of benzene rings is 1. The Kier molecular flexibility index (Phi) is 4.67. The summed E-state index contributed by atoms with van der Waals surface area (Å²) in [4.78, 5) is 3.91. The van der Waals surface area contributed by atoms with E-state index in [0.29, 0.717) is 11.8 Å². The molecule has 1 aromatic heterocycles. The largest absolute Gasteiger partial charge is 0.501 e. The Morgan fingerprint density at radius 2 is 1.91 bits per heavy atom. The zero-order valence-corrected chi connectivity index (χ0v) is 13.7. The first-order chi connectivity index (χ1) is 10.5. The zero-order chi connectivity index (χ0) is 17.4. The van der Waals surface area contributed by atoms with E-state index >= 15 is 0 Å². The Balaban J connectivity index is 2.38. The average Bonchev–Trinajstić information content (AvgIpc) is 2.74.